The third-order valence-electron chi connectivity index (χ3n) is 2.92. The van der Waals surface area contributed by atoms with E-state index in [-0.39, 0.29) is 0 Å². The summed E-state index contributed by atoms with van der Waals surface area (Å²) >= 11 is 1.59. The van der Waals surface area contributed by atoms with Gasteiger partial charge in [0.1, 0.15) is 11.4 Å². The maximum absolute atomic E-state index is 11.3. The van der Waals surface area contributed by atoms with E-state index >= 15 is 0 Å². The molecule has 0 saturated heterocycles. The van der Waals surface area contributed by atoms with Gasteiger partial charge in [0.2, 0.25) is 0 Å². The number of hydrogen-bond donors (Lipinski definition) is 0. The average molecular weight is 256 g/mol. The van der Waals surface area contributed by atoms with Gasteiger partial charge in [-0.3, -0.25) is 9.20 Å². The highest BCUT2D eigenvalue weighted by Crippen LogP contribution is 2.27. The fourth-order valence-corrected chi connectivity index (χ4v) is 2.84. The fourth-order valence-electron chi connectivity index (χ4n) is 2.01. The van der Waals surface area contributed by atoms with Crippen molar-refractivity contribution in [2.45, 2.75) is 13.8 Å². The molecule has 0 spiro atoms. The van der Waals surface area contributed by atoms with Crippen LogP contribution in [0.25, 0.3) is 16.2 Å². The summed E-state index contributed by atoms with van der Waals surface area (Å²) in [5.41, 5.74) is 3.56. The van der Waals surface area contributed by atoms with Crippen LogP contribution in [0.15, 0.2) is 30.5 Å². The van der Waals surface area contributed by atoms with Crippen LogP contribution in [0, 0.1) is 13.8 Å². The van der Waals surface area contributed by atoms with Gasteiger partial charge in [-0.25, -0.2) is 4.98 Å². The van der Waals surface area contributed by atoms with Crippen molar-refractivity contribution in [1.29, 1.82) is 0 Å². The molecule has 3 rings (SSSR count). The van der Waals surface area contributed by atoms with E-state index in [2.05, 4.69) is 4.98 Å². The Kier molecular flexibility index (Phi) is 2.52. The molecule has 0 saturated carbocycles. The number of imidazole rings is 1. The molecule has 3 aromatic rings. The molecule has 0 bridgehead atoms. The van der Waals surface area contributed by atoms with Crippen molar-refractivity contribution in [3.8, 4) is 11.3 Å². The van der Waals surface area contributed by atoms with Crippen LogP contribution < -0.4 is 0 Å². The van der Waals surface area contributed by atoms with Gasteiger partial charge in [0, 0.05) is 16.6 Å². The second-order valence-corrected chi connectivity index (χ2v) is 5.54. The Morgan fingerprint density at radius 1 is 1.22 bits per heavy atom. The Morgan fingerprint density at radius 3 is 2.61 bits per heavy atom. The molecule has 0 aliphatic carbocycles. The maximum Gasteiger partial charge on any atom is 0.195 e. The van der Waals surface area contributed by atoms with E-state index in [1.165, 1.54) is 5.56 Å². The molecular weight excluding hydrogens is 244 g/mol. The first-order valence-corrected chi connectivity index (χ1v) is 6.51. The molecule has 18 heavy (non-hydrogen) atoms. The molecule has 0 unspecified atom stereocenters. The summed E-state index contributed by atoms with van der Waals surface area (Å²) in [4.78, 5) is 17.9. The molecule has 2 aromatic heterocycles. The third-order valence-corrected chi connectivity index (χ3v) is 3.81. The lowest BCUT2D eigenvalue weighted by Crippen LogP contribution is -1.90. The second-order valence-electron chi connectivity index (χ2n) is 4.32. The van der Waals surface area contributed by atoms with E-state index in [0.29, 0.717) is 5.69 Å². The van der Waals surface area contributed by atoms with Crippen LogP contribution in [0.3, 0.4) is 0 Å². The largest absolute Gasteiger partial charge is 0.296 e. The number of fused-ring (bicyclic) bond motifs is 1. The molecule has 90 valence electrons. The van der Waals surface area contributed by atoms with Gasteiger partial charge in [0.25, 0.3) is 0 Å². The number of hydrogen-bond acceptors (Lipinski definition) is 3. The van der Waals surface area contributed by atoms with Crippen molar-refractivity contribution in [2.24, 2.45) is 0 Å². The standard InChI is InChI=1S/C14H12N2OS/c1-9-3-5-11(6-4-9)13-12(8-17)16-7-10(2)18-14(16)15-13/h3-8H,1-2H3. The van der Waals surface area contributed by atoms with Crippen molar-refractivity contribution >= 4 is 22.6 Å². The first kappa shape index (κ1) is 11.2. The monoisotopic (exact) mass is 256 g/mol. The Bertz CT molecular complexity index is 722. The van der Waals surface area contributed by atoms with Crippen LogP contribution in [0.5, 0.6) is 0 Å². The Labute approximate surface area is 109 Å². The van der Waals surface area contributed by atoms with Gasteiger partial charge in [0.15, 0.2) is 11.2 Å². The zero-order valence-corrected chi connectivity index (χ0v) is 11.0. The lowest BCUT2D eigenvalue weighted by atomic mass is 10.1. The summed E-state index contributed by atoms with van der Waals surface area (Å²) < 4.78 is 1.86. The number of nitrogens with zero attached hydrogens (tertiary/aromatic N) is 2. The van der Waals surface area contributed by atoms with Gasteiger partial charge in [-0.05, 0) is 13.8 Å². The normalized spacial score (nSPS) is 11.0. The number of carbonyl (C=O) groups excluding carboxylic acids is 1. The smallest absolute Gasteiger partial charge is 0.195 e. The number of carbonyl (C=O) groups is 1. The van der Waals surface area contributed by atoms with Gasteiger partial charge in [0.05, 0.1) is 0 Å². The van der Waals surface area contributed by atoms with E-state index < -0.39 is 0 Å². The van der Waals surface area contributed by atoms with Gasteiger partial charge in [-0.2, -0.15) is 0 Å². The van der Waals surface area contributed by atoms with E-state index in [1.807, 2.05) is 48.7 Å². The lowest BCUT2D eigenvalue weighted by Gasteiger charge is -1.99. The summed E-state index contributed by atoms with van der Waals surface area (Å²) in [6.07, 6.45) is 2.83. The highest BCUT2D eigenvalue weighted by Gasteiger charge is 2.14. The predicted octanol–water partition coefficient (Wildman–Crippen LogP) is 3.49. The molecule has 0 aliphatic rings. The van der Waals surface area contributed by atoms with Crippen LogP contribution in [0.4, 0.5) is 0 Å². The third kappa shape index (κ3) is 1.66. The molecular formula is C14H12N2OS. The molecule has 0 aliphatic heterocycles. The second kappa shape index (κ2) is 4.07. The average Bonchev–Trinajstić information content (AvgIpc) is 2.85. The van der Waals surface area contributed by atoms with Crippen molar-refractivity contribution in [2.75, 3.05) is 0 Å². The molecule has 0 N–H and O–H groups in total. The first-order chi connectivity index (χ1) is 8.69. The molecule has 4 heteroatoms. The Morgan fingerprint density at radius 2 is 1.94 bits per heavy atom. The number of aldehydes is 1. The van der Waals surface area contributed by atoms with Crippen molar-refractivity contribution < 1.29 is 4.79 Å². The molecule has 0 radical (unpaired) electrons. The van der Waals surface area contributed by atoms with Crippen LogP contribution in [0.2, 0.25) is 0 Å². The highest BCUT2D eigenvalue weighted by molar-refractivity contribution is 7.17. The van der Waals surface area contributed by atoms with Crippen LogP contribution in [0.1, 0.15) is 20.9 Å². The zero-order chi connectivity index (χ0) is 12.7. The minimum atomic E-state index is 0.623. The number of benzene rings is 1. The zero-order valence-electron chi connectivity index (χ0n) is 10.2. The molecule has 1 aromatic carbocycles. The topological polar surface area (TPSA) is 34.4 Å². The minimum Gasteiger partial charge on any atom is -0.296 e. The minimum absolute atomic E-state index is 0.623. The summed E-state index contributed by atoms with van der Waals surface area (Å²) in [5, 5.41) is 0. The van der Waals surface area contributed by atoms with Crippen molar-refractivity contribution in [3.63, 3.8) is 0 Å². The van der Waals surface area contributed by atoms with Gasteiger partial charge < -0.3 is 0 Å². The van der Waals surface area contributed by atoms with Crippen molar-refractivity contribution in [1.82, 2.24) is 9.38 Å². The van der Waals surface area contributed by atoms with Crippen molar-refractivity contribution in [3.05, 3.63) is 46.6 Å². The van der Waals surface area contributed by atoms with E-state index in [4.69, 9.17) is 0 Å². The molecule has 0 atom stereocenters. The first-order valence-electron chi connectivity index (χ1n) is 5.70. The highest BCUT2D eigenvalue weighted by atomic mass is 32.1. The summed E-state index contributed by atoms with van der Waals surface area (Å²) in [5.74, 6) is 0. The van der Waals surface area contributed by atoms with E-state index in [1.54, 1.807) is 11.3 Å². The summed E-state index contributed by atoms with van der Waals surface area (Å²) in [6, 6.07) is 8.06. The lowest BCUT2D eigenvalue weighted by molar-refractivity contribution is 0.111. The van der Waals surface area contributed by atoms with Gasteiger partial charge in [-0.15, -0.1) is 11.3 Å². The summed E-state index contributed by atoms with van der Waals surface area (Å²) in [6.45, 7) is 4.05. The summed E-state index contributed by atoms with van der Waals surface area (Å²) in [7, 11) is 0. The Hall–Kier alpha value is -1.94. The quantitative estimate of drug-likeness (QED) is 0.658. The maximum atomic E-state index is 11.3. The number of aryl methyl sites for hydroxylation is 2. The Balaban J connectivity index is 2.25. The van der Waals surface area contributed by atoms with E-state index in [0.717, 1.165) is 27.4 Å². The SMILES string of the molecule is Cc1ccc(-c2nc3sc(C)cn3c2C=O)cc1. The molecule has 0 fully saturated rings. The van der Waals surface area contributed by atoms with Crippen LogP contribution in [-0.4, -0.2) is 15.7 Å². The molecule has 2 heterocycles. The number of thiazole rings is 1. The van der Waals surface area contributed by atoms with Crippen LogP contribution in [-0.2, 0) is 0 Å². The van der Waals surface area contributed by atoms with Gasteiger partial charge >= 0.3 is 0 Å². The van der Waals surface area contributed by atoms with Crippen LogP contribution >= 0.6 is 11.3 Å². The number of aromatic nitrogens is 2. The molecule has 0 amide bonds. The number of rotatable bonds is 2. The van der Waals surface area contributed by atoms with E-state index in [9.17, 15) is 4.79 Å². The fraction of sp³-hybridized carbons (Fsp3) is 0.143. The predicted molar refractivity (Wildman–Crippen MR) is 73.4 cm³/mol. The van der Waals surface area contributed by atoms with Gasteiger partial charge in [-0.1, -0.05) is 29.8 Å². The molecule has 3 nitrogen and oxygen atoms in total.